The molecule has 0 saturated heterocycles. The molecule has 178 valence electrons. The molecule has 0 radical (unpaired) electrons. The fraction of sp³-hybridized carbons (Fsp3) is 0.0769. The van der Waals surface area contributed by atoms with Crippen LogP contribution in [-0.2, 0) is 10.0 Å². The van der Waals surface area contributed by atoms with Crippen LogP contribution in [0.15, 0.2) is 94.4 Å². The standard InChI is InChI=1S/C26H23N3O5S/c1-17-8-12-20(13-9-17)29-35(32,33)24-15-19(11-10-18(24)2)25(30)27-21-5-3-6-22(16-21)28-26(31)23-7-4-14-34-23/h3-16,29H,1-2H3,(H,27,30)(H,28,31). The molecule has 0 fully saturated rings. The van der Waals surface area contributed by atoms with Crippen LogP contribution in [-0.4, -0.2) is 20.2 Å². The van der Waals surface area contributed by atoms with Crippen LogP contribution in [0.4, 0.5) is 17.1 Å². The summed E-state index contributed by atoms with van der Waals surface area (Å²) in [5.41, 5.74) is 2.99. The number of hydrogen-bond donors (Lipinski definition) is 3. The predicted octanol–water partition coefficient (Wildman–Crippen LogP) is 5.20. The average molecular weight is 490 g/mol. The largest absolute Gasteiger partial charge is 0.459 e. The Morgan fingerprint density at radius 3 is 2.09 bits per heavy atom. The molecule has 0 atom stereocenters. The molecule has 1 heterocycles. The first-order valence-electron chi connectivity index (χ1n) is 10.7. The maximum absolute atomic E-state index is 13.0. The second-order valence-electron chi connectivity index (χ2n) is 7.92. The number of sulfonamides is 1. The first kappa shape index (κ1) is 23.8. The molecule has 35 heavy (non-hydrogen) atoms. The molecule has 0 spiro atoms. The van der Waals surface area contributed by atoms with Crippen LogP contribution in [0.3, 0.4) is 0 Å². The van der Waals surface area contributed by atoms with Gasteiger partial charge in [-0.25, -0.2) is 8.42 Å². The molecule has 0 aliphatic rings. The minimum absolute atomic E-state index is 0.00480. The summed E-state index contributed by atoms with van der Waals surface area (Å²) in [4.78, 5) is 25.1. The summed E-state index contributed by atoms with van der Waals surface area (Å²) in [6, 6.07) is 21.2. The van der Waals surface area contributed by atoms with E-state index in [0.717, 1.165) is 5.56 Å². The van der Waals surface area contributed by atoms with Gasteiger partial charge in [-0.2, -0.15) is 0 Å². The Bertz CT molecular complexity index is 1480. The molecular weight excluding hydrogens is 466 g/mol. The van der Waals surface area contributed by atoms with E-state index in [2.05, 4.69) is 15.4 Å². The molecule has 0 bridgehead atoms. The summed E-state index contributed by atoms with van der Waals surface area (Å²) < 4.78 is 33.6. The highest BCUT2D eigenvalue weighted by molar-refractivity contribution is 7.92. The lowest BCUT2D eigenvalue weighted by molar-refractivity contribution is 0.0995. The monoisotopic (exact) mass is 489 g/mol. The van der Waals surface area contributed by atoms with E-state index in [1.54, 1.807) is 73.7 Å². The van der Waals surface area contributed by atoms with Gasteiger partial charge in [0.25, 0.3) is 21.8 Å². The Labute approximate surface area is 203 Å². The topological polar surface area (TPSA) is 118 Å². The SMILES string of the molecule is Cc1ccc(NS(=O)(=O)c2cc(C(=O)Nc3cccc(NC(=O)c4ccco4)c3)ccc2C)cc1. The van der Waals surface area contributed by atoms with Gasteiger partial charge >= 0.3 is 0 Å². The van der Waals surface area contributed by atoms with Crippen LogP contribution >= 0.6 is 0 Å². The van der Waals surface area contributed by atoms with Gasteiger partial charge in [-0.15, -0.1) is 0 Å². The lowest BCUT2D eigenvalue weighted by Gasteiger charge is -2.13. The van der Waals surface area contributed by atoms with E-state index in [-0.39, 0.29) is 16.2 Å². The minimum atomic E-state index is -3.91. The maximum atomic E-state index is 13.0. The van der Waals surface area contributed by atoms with Crippen LogP contribution < -0.4 is 15.4 Å². The number of anilines is 3. The predicted molar refractivity (Wildman–Crippen MR) is 134 cm³/mol. The van der Waals surface area contributed by atoms with Crippen LogP contribution in [0.1, 0.15) is 32.0 Å². The Morgan fingerprint density at radius 1 is 0.743 bits per heavy atom. The highest BCUT2D eigenvalue weighted by atomic mass is 32.2. The number of benzene rings is 3. The molecule has 4 aromatic rings. The molecule has 3 N–H and O–H groups in total. The van der Waals surface area contributed by atoms with Crippen LogP contribution in [0.25, 0.3) is 0 Å². The second-order valence-corrected chi connectivity index (χ2v) is 9.57. The molecule has 2 amide bonds. The molecule has 0 aliphatic heterocycles. The van der Waals surface area contributed by atoms with Crippen molar-refractivity contribution in [2.75, 3.05) is 15.4 Å². The Balaban J connectivity index is 1.51. The number of aryl methyl sites for hydroxylation is 2. The van der Waals surface area contributed by atoms with Crippen molar-refractivity contribution in [1.29, 1.82) is 0 Å². The van der Waals surface area contributed by atoms with Crippen molar-refractivity contribution in [1.82, 2.24) is 0 Å². The number of rotatable bonds is 7. The molecule has 0 aliphatic carbocycles. The zero-order valence-corrected chi connectivity index (χ0v) is 19.8. The van der Waals surface area contributed by atoms with Crippen LogP contribution in [0.5, 0.6) is 0 Å². The maximum Gasteiger partial charge on any atom is 0.291 e. The third kappa shape index (κ3) is 5.77. The number of nitrogens with one attached hydrogen (secondary N) is 3. The van der Waals surface area contributed by atoms with E-state index in [9.17, 15) is 18.0 Å². The summed E-state index contributed by atoms with van der Waals surface area (Å²) in [5.74, 6) is -0.758. The third-order valence-corrected chi connectivity index (χ3v) is 6.69. The molecule has 9 heteroatoms. The van der Waals surface area contributed by atoms with E-state index in [1.165, 1.54) is 18.4 Å². The minimum Gasteiger partial charge on any atom is -0.459 e. The van der Waals surface area contributed by atoms with Crippen molar-refractivity contribution in [2.45, 2.75) is 18.7 Å². The van der Waals surface area contributed by atoms with Crippen molar-refractivity contribution in [3.05, 3.63) is 108 Å². The number of carbonyl (C=O) groups is 2. The average Bonchev–Trinajstić information content (AvgIpc) is 3.36. The number of furan rings is 1. The summed E-state index contributed by atoms with van der Waals surface area (Å²) >= 11 is 0. The smallest absolute Gasteiger partial charge is 0.291 e. The molecule has 3 aromatic carbocycles. The van der Waals surface area contributed by atoms with Crippen molar-refractivity contribution in [2.24, 2.45) is 0 Å². The molecule has 1 aromatic heterocycles. The van der Waals surface area contributed by atoms with Crippen LogP contribution in [0, 0.1) is 13.8 Å². The van der Waals surface area contributed by atoms with E-state index < -0.39 is 21.8 Å². The third-order valence-electron chi connectivity index (χ3n) is 5.17. The van der Waals surface area contributed by atoms with Crippen molar-refractivity contribution in [3.63, 3.8) is 0 Å². The lowest BCUT2D eigenvalue weighted by Crippen LogP contribution is -2.17. The quantitative estimate of drug-likeness (QED) is 0.330. The first-order chi connectivity index (χ1) is 16.7. The second kappa shape index (κ2) is 9.86. The highest BCUT2D eigenvalue weighted by Gasteiger charge is 2.20. The lowest BCUT2D eigenvalue weighted by atomic mass is 10.1. The summed E-state index contributed by atoms with van der Waals surface area (Å²) in [6.07, 6.45) is 1.40. The Morgan fingerprint density at radius 2 is 1.43 bits per heavy atom. The van der Waals surface area contributed by atoms with E-state index in [4.69, 9.17) is 4.42 Å². The normalized spacial score (nSPS) is 11.0. The number of carbonyl (C=O) groups excluding carboxylic acids is 2. The zero-order valence-electron chi connectivity index (χ0n) is 19.0. The summed E-state index contributed by atoms with van der Waals surface area (Å²) in [6.45, 7) is 3.57. The Hall–Kier alpha value is -4.37. The van der Waals surface area contributed by atoms with Gasteiger partial charge in [0.2, 0.25) is 0 Å². The van der Waals surface area contributed by atoms with Crippen LogP contribution in [0.2, 0.25) is 0 Å². The fourth-order valence-electron chi connectivity index (χ4n) is 3.34. The van der Waals surface area contributed by atoms with Crippen molar-refractivity contribution >= 4 is 38.9 Å². The van der Waals surface area contributed by atoms with E-state index >= 15 is 0 Å². The molecular formula is C26H23N3O5S. The van der Waals surface area contributed by atoms with Gasteiger partial charge in [-0.05, 0) is 74.0 Å². The van der Waals surface area contributed by atoms with Crippen molar-refractivity contribution < 1.29 is 22.4 Å². The van der Waals surface area contributed by atoms with Gasteiger partial charge in [0.15, 0.2) is 5.76 Å². The molecule has 4 rings (SSSR count). The van der Waals surface area contributed by atoms with Gasteiger partial charge in [0, 0.05) is 22.6 Å². The number of amides is 2. The molecule has 0 saturated carbocycles. The van der Waals surface area contributed by atoms with Gasteiger partial charge in [0.1, 0.15) is 0 Å². The van der Waals surface area contributed by atoms with Gasteiger partial charge in [0.05, 0.1) is 11.2 Å². The van der Waals surface area contributed by atoms with Gasteiger partial charge in [-0.3, -0.25) is 14.3 Å². The Kier molecular flexibility index (Phi) is 6.70. The van der Waals surface area contributed by atoms with Gasteiger partial charge < -0.3 is 15.1 Å². The van der Waals surface area contributed by atoms with Crippen molar-refractivity contribution in [3.8, 4) is 0 Å². The zero-order chi connectivity index (χ0) is 25.0. The fourth-order valence-corrected chi connectivity index (χ4v) is 4.67. The van der Waals surface area contributed by atoms with Gasteiger partial charge in [-0.1, -0.05) is 29.8 Å². The molecule has 0 unspecified atom stereocenters. The van der Waals surface area contributed by atoms with E-state index in [0.29, 0.717) is 22.6 Å². The summed E-state index contributed by atoms with van der Waals surface area (Å²) in [5, 5.41) is 5.42. The highest BCUT2D eigenvalue weighted by Crippen LogP contribution is 2.23. The van der Waals surface area contributed by atoms with E-state index in [1.807, 2.05) is 6.92 Å². The summed E-state index contributed by atoms with van der Waals surface area (Å²) in [7, 11) is -3.91. The molecule has 8 nitrogen and oxygen atoms in total. The number of hydrogen-bond acceptors (Lipinski definition) is 5. The first-order valence-corrected chi connectivity index (χ1v) is 12.2.